The van der Waals surface area contributed by atoms with Crippen LogP contribution in [0.25, 0.3) is 11.4 Å². The van der Waals surface area contributed by atoms with Crippen molar-refractivity contribution >= 4 is 23.4 Å². The largest absolute Gasteiger partial charge is 0.493 e. The summed E-state index contributed by atoms with van der Waals surface area (Å²) >= 11 is 1.45. The van der Waals surface area contributed by atoms with Gasteiger partial charge in [0.1, 0.15) is 0 Å². The maximum absolute atomic E-state index is 12.9. The van der Waals surface area contributed by atoms with Gasteiger partial charge in [-0.25, -0.2) is 0 Å². The van der Waals surface area contributed by atoms with Crippen molar-refractivity contribution in [2.45, 2.75) is 62.4 Å². The maximum Gasteiger partial charge on any atom is 0.237 e. The van der Waals surface area contributed by atoms with Crippen LogP contribution in [0.1, 0.15) is 50.6 Å². The highest BCUT2D eigenvalue weighted by Gasteiger charge is 2.27. The molecule has 1 amide bonds. The molecule has 2 aromatic carbocycles. The van der Waals surface area contributed by atoms with Gasteiger partial charge in [0.2, 0.25) is 5.91 Å². The average molecular weight is 481 g/mol. The number of ether oxygens (including phenoxy) is 2. The molecule has 0 radical (unpaired) electrons. The van der Waals surface area contributed by atoms with Crippen molar-refractivity contribution in [3.63, 3.8) is 0 Å². The van der Waals surface area contributed by atoms with E-state index < -0.39 is 0 Å². The molecule has 1 aliphatic rings. The van der Waals surface area contributed by atoms with Crippen LogP contribution in [-0.2, 0) is 4.79 Å². The number of anilines is 1. The number of nitrogens with one attached hydrogen (secondary N) is 1. The Labute approximate surface area is 205 Å². The van der Waals surface area contributed by atoms with Gasteiger partial charge in [0, 0.05) is 17.3 Å². The number of hydrogen-bond donors (Lipinski definition) is 1. The van der Waals surface area contributed by atoms with E-state index in [0.29, 0.717) is 17.5 Å². The van der Waals surface area contributed by atoms with Crippen molar-refractivity contribution in [3.05, 3.63) is 48.0 Å². The van der Waals surface area contributed by atoms with Gasteiger partial charge in [-0.05, 0) is 57.0 Å². The fourth-order valence-electron chi connectivity index (χ4n) is 4.29. The van der Waals surface area contributed by atoms with Crippen molar-refractivity contribution in [3.8, 4) is 22.9 Å². The fourth-order valence-corrected chi connectivity index (χ4v) is 5.21. The molecule has 1 fully saturated rings. The van der Waals surface area contributed by atoms with Gasteiger partial charge in [0.05, 0.1) is 19.5 Å². The molecule has 3 aromatic rings. The normalized spacial score (nSPS) is 15.1. The van der Waals surface area contributed by atoms with E-state index in [1.54, 1.807) is 14.2 Å². The van der Waals surface area contributed by atoms with E-state index in [-0.39, 0.29) is 11.2 Å². The Morgan fingerprint density at radius 2 is 1.74 bits per heavy atom. The zero-order chi connectivity index (χ0) is 24.1. The number of benzene rings is 2. The molecule has 34 heavy (non-hydrogen) atoms. The third-order valence-electron chi connectivity index (χ3n) is 6.22. The first-order valence-electron chi connectivity index (χ1n) is 11.7. The third-order valence-corrected chi connectivity index (χ3v) is 7.27. The molecule has 180 valence electrons. The lowest BCUT2D eigenvalue weighted by Crippen LogP contribution is -2.23. The third kappa shape index (κ3) is 5.38. The molecule has 4 rings (SSSR count). The summed E-state index contributed by atoms with van der Waals surface area (Å²) in [7, 11) is 3.25. The lowest BCUT2D eigenvalue weighted by molar-refractivity contribution is -0.115. The van der Waals surface area contributed by atoms with E-state index in [9.17, 15) is 4.79 Å². The molecular formula is C26H32N4O3S. The Kier molecular flexibility index (Phi) is 7.77. The highest BCUT2D eigenvalue weighted by molar-refractivity contribution is 8.00. The van der Waals surface area contributed by atoms with Gasteiger partial charge in [-0.1, -0.05) is 48.7 Å². The Morgan fingerprint density at radius 1 is 1.03 bits per heavy atom. The van der Waals surface area contributed by atoms with Gasteiger partial charge in [0.25, 0.3) is 0 Å². The van der Waals surface area contributed by atoms with E-state index in [0.717, 1.165) is 40.6 Å². The molecular weight excluding hydrogens is 448 g/mol. The summed E-state index contributed by atoms with van der Waals surface area (Å²) in [5, 5.41) is 12.5. The van der Waals surface area contributed by atoms with Crippen LogP contribution in [0.15, 0.2) is 47.6 Å². The molecule has 0 spiro atoms. The first-order valence-corrected chi connectivity index (χ1v) is 12.6. The highest BCUT2D eigenvalue weighted by atomic mass is 32.2. The van der Waals surface area contributed by atoms with Gasteiger partial charge in [-0.15, -0.1) is 10.2 Å². The number of methoxy groups -OCH3 is 2. The highest BCUT2D eigenvalue weighted by Crippen LogP contribution is 2.38. The second-order valence-corrected chi connectivity index (χ2v) is 9.96. The quantitative estimate of drug-likeness (QED) is 0.405. The Bertz CT molecular complexity index is 1120. The second kappa shape index (κ2) is 11.0. The topological polar surface area (TPSA) is 78.3 Å². The number of nitrogens with zero attached hydrogens (tertiary/aromatic N) is 3. The SMILES string of the molecule is COc1ccc(-c2nnc(SC(C)C(=O)Nc3ccc(C)cc3)n2C2CCCCC2)cc1OC. The van der Waals surface area contributed by atoms with Crippen LogP contribution in [0.2, 0.25) is 0 Å². The van der Waals surface area contributed by atoms with Gasteiger partial charge in [-0.3, -0.25) is 9.36 Å². The standard InChI is InChI=1S/C26H32N4O3S/c1-17-10-13-20(14-11-17)27-25(31)18(2)34-26-29-28-24(30(26)21-8-6-5-7-9-21)19-12-15-22(32-3)23(16-19)33-4/h10-16,18,21H,5-9H2,1-4H3,(H,27,31). The summed E-state index contributed by atoms with van der Waals surface area (Å²) in [6, 6.07) is 13.9. The molecule has 1 aromatic heterocycles. The number of hydrogen-bond acceptors (Lipinski definition) is 6. The van der Waals surface area contributed by atoms with E-state index >= 15 is 0 Å². The molecule has 0 saturated heterocycles. The van der Waals surface area contributed by atoms with Crippen LogP contribution in [0.3, 0.4) is 0 Å². The molecule has 7 nitrogen and oxygen atoms in total. The molecule has 1 saturated carbocycles. The van der Waals surface area contributed by atoms with Crippen molar-refractivity contribution in [2.24, 2.45) is 0 Å². The smallest absolute Gasteiger partial charge is 0.237 e. The predicted molar refractivity (Wildman–Crippen MR) is 136 cm³/mol. The number of rotatable bonds is 8. The van der Waals surface area contributed by atoms with E-state index in [4.69, 9.17) is 9.47 Å². The van der Waals surface area contributed by atoms with Crippen molar-refractivity contribution in [2.75, 3.05) is 19.5 Å². The maximum atomic E-state index is 12.9. The lowest BCUT2D eigenvalue weighted by Gasteiger charge is -2.26. The Hall–Kier alpha value is -3.00. The minimum atomic E-state index is -0.328. The van der Waals surface area contributed by atoms with Gasteiger partial charge in [0.15, 0.2) is 22.5 Å². The Morgan fingerprint density at radius 3 is 2.41 bits per heavy atom. The molecule has 1 atom stereocenters. The zero-order valence-electron chi connectivity index (χ0n) is 20.2. The van der Waals surface area contributed by atoms with Crippen LogP contribution in [0.5, 0.6) is 11.5 Å². The van der Waals surface area contributed by atoms with Crippen LogP contribution in [0, 0.1) is 6.92 Å². The van der Waals surface area contributed by atoms with Crippen molar-refractivity contribution in [1.29, 1.82) is 0 Å². The summed E-state index contributed by atoms with van der Waals surface area (Å²) in [5.74, 6) is 2.06. The molecule has 1 heterocycles. The van der Waals surface area contributed by atoms with Crippen molar-refractivity contribution < 1.29 is 14.3 Å². The Balaban J connectivity index is 1.61. The molecule has 0 bridgehead atoms. The van der Waals surface area contributed by atoms with Crippen molar-refractivity contribution in [1.82, 2.24) is 14.8 Å². The number of carbonyl (C=O) groups is 1. The minimum Gasteiger partial charge on any atom is -0.493 e. The molecule has 1 aliphatic carbocycles. The van der Waals surface area contributed by atoms with E-state index in [1.807, 2.05) is 56.3 Å². The minimum absolute atomic E-state index is 0.0558. The number of thioether (sulfide) groups is 1. The number of aryl methyl sites for hydroxylation is 1. The summed E-state index contributed by atoms with van der Waals surface area (Å²) in [4.78, 5) is 12.9. The van der Waals surface area contributed by atoms with Gasteiger partial charge >= 0.3 is 0 Å². The van der Waals surface area contributed by atoms with Gasteiger partial charge in [-0.2, -0.15) is 0 Å². The summed E-state index contributed by atoms with van der Waals surface area (Å²) < 4.78 is 13.1. The van der Waals surface area contributed by atoms with E-state index in [1.165, 1.54) is 31.0 Å². The van der Waals surface area contributed by atoms with Crippen LogP contribution >= 0.6 is 11.8 Å². The summed E-state index contributed by atoms with van der Waals surface area (Å²) in [6.45, 7) is 3.93. The summed E-state index contributed by atoms with van der Waals surface area (Å²) in [5.41, 5.74) is 2.87. The van der Waals surface area contributed by atoms with Crippen LogP contribution in [0.4, 0.5) is 5.69 Å². The predicted octanol–water partition coefficient (Wildman–Crippen LogP) is 5.90. The average Bonchev–Trinajstić information content (AvgIpc) is 3.28. The summed E-state index contributed by atoms with van der Waals surface area (Å²) in [6.07, 6.45) is 5.78. The van der Waals surface area contributed by atoms with E-state index in [2.05, 4.69) is 20.1 Å². The second-order valence-electron chi connectivity index (χ2n) is 8.65. The molecule has 1 unspecified atom stereocenters. The molecule has 0 aliphatic heterocycles. The first kappa shape index (κ1) is 24.1. The molecule has 8 heteroatoms. The lowest BCUT2D eigenvalue weighted by atomic mass is 9.95. The molecule has 1 N–H and O–H groups in total. The first-order chi connectivity index (χ1) is 16.5. The zero-order valence-corrected chi connectivity index (χ0v) is 21.0. The number of amides is 1. The monoisotopic (exact) mass is 480 g/mol. The van der Waals surface area contributed by atoms with Crippen LogP contribution in [-0.4, -0.2) is 40.1 Å². The number of carbonyl (C=O) groups excluding carboxylic acids is 1. The van der Waals surface area contributed by atoms with Crippen LogP contribution < -0.4 is 14.8 Å². The van der Waals surface area contributed by atoms with Gasteiger partial charge < -0.3 is 14.8 Å². The number of aromatic nitrogens is 3. The fraction of sp³-hybridized carbons (Fsp3) is 0.423.